The molecule has 0 aliphatic heterocycles. The Morgan fingerprint density at radius 3 is 2.03 bits per heavy atom. The molecule has 180 valence electrons. The second kappa shape index (κ2) is 10.5. The van der Waals surface area contributed by atoms with Crippen molar-refractivity contribution in [1.82, 2.24) is 4.31 Å². The number of carboxylic acid groups (broad SMARTS) is 1. The summed E-state index contributed by atoms with van der Waals surface area (Å²) in [6.07, 6.45) is 0. The molecule has 0 unspecified atom stereocenters. The molecule has 0 aromatic heterocycles. The van der Waals surface area contributed by atoms with Gasteiger partial charge in [-0.1, -0.05) is 12.1 Å². The molecule has 0 amide bonds. The van der Waals surface area contributed by atoms with E-state index in [1.54, 1.807) is 24.3 Å². The highest BCUT2D eigenvalue weighted by Gasteiger charge is 2.27. The van der Waals surface area contributed by atoms with Gasteiger partial charge in [-0.2, -0.15) is 4.31 Å². The number of sulfonamides is 1. The second-order valence-electron chi connectivity index (χ2n) is 7.25. The first-order valence-electron chi connectivity index (χ1n) is 10.1. The van der Waals surface area contributed by atoms with Gasteiger partial charge in [0.05, 0.1) is 31.8 Å². The molecule has 0 saturated heterocycles. The van der Waals surface area contributed by atoms with Crippen LogP contribution in [0.1, 0.15) is 21.5 Å². The third kappa shape index (κ3) is 5.46. The van der Waals surface area contributed by atoms with Gasteiger partial charge in [0.25, 0.3) is 0 Å². The van der Waals surface area contributed by atoms with Crippen molar-refractivity contribution >= 4 is 16.0 Å². The van der Waals surface area contributed by atoms with Crippen LogP contribution in [-0.2, 0) is 23.1 Å². The van der Waals surface area contributed by atoms with E-state index in [1.807, 2.05) is 0 Å². The van der Waals surface area contributed by atoms with Crippen LogP contribution in [0.2, 0.25) is 0 Å². The fraction of sp³-hybridized carbons (Fsp3) is 0.208. The summed E-state index contributed by atoms with van der Waals surface area (Å²) in [5, 5.41) is 9.12. The van der Waals surface area contributed by atoms with Crippen LogP contribution in [0.3, 0.4) is 0 Å². The van der Waals surface area contributed by atoms with Crippen LogP contribution < -0.4 is 14.2 Å². The highest BCUT2D eigenvalue weighted by molar-refractivity contribution is 7.89. The number of rotatable bonds is 10. The maximum absolute atomic E-state index is 14.2. The minimum Gasteiger partial charge on any atom is -0.497 e. The maximum Gasteiger partial charge on any atom is 0.335 e. The molecule has 34 heavy (non-hydrogen) atoms. The van der Waals surface area contributed by atoms with Crippen LogP contribution in [0.25, 0.3) is 0 Å². The maximum atomic E-state index is 14.2. The number of benzene rings is 3. The Morgan fingerprint density at radius 1 is 0.882 bits per heavy atom. The molecular formula is C24H24FNO7S. The number of methoxy groups -OCH3 is 3. The molecule has 0 saturated carbocycles. The number of hydrogen-bond acceptors (Lipinski definition) is 6. The molecule has 0 aliphatic carbocycles. The largest absolute Gasteiger partial charge is 0.497 e. The second-order valence-corrected chi connectivity index (χ2v) is 9.19. The molecule has 0 atom stereocenters. The van der Waals surface area contributed by atoms with Gasteiger partial charge in [-0.25, -0.2) is 17.6 Å². The van der Waals surface area contributed by atoms with Gasteiger partial charge in [-0.05, 0) is 48.0 Å². The fourth-order valence-corrected chi connectivity index (χ4v) is 4.72. The summed E-state index contributed by atoms with van der Waals surface area (Å²) in [6, 6.07) is 14.3. The third-order valence-electron chi connectivity index (χ3n) is 5.16. The molecule has 0 fully saturated rings. The van der Waals surface area contributed by atoms with Gasteiger partial charge in [-0.15, -0.1) is 0 Å². The van der Waals surface area contributed by atoms with E-state index in [0.717, 1.165) is 6.07 Å². The van der Waals surface area contributed by atoms with E-state index >= 15 is 0 Å². The molecule has 0 radical (unpaired) electrons. The summed E-state index contributed by atoms with van der Waals surface area (Å²) in [6.45, 7) is -0.176. The predicted molar refractivity (Wildman–Crippen MR) is 122 cm³/mol. The summed E-state index contributed by atoms with van der Waals surface area (Å²) < 4.78 is 58.0. The van der Waals surface area contributed by atoms with Crippen LogP contribution in [0.15, 0.2) is 65.6 Å². The number of aromatic carboxylic acids is 1. The monoisotopic (exact) mass is 489 g/mol. The van der Waals surface area contributed by atoms with Crippen LogP contribution in [-0.4, -0.2) is 45.1 Å². The van der Waals surface area contributed by atoms with Crippen molar-refractivity contribution in [2.24, 2.45) is 0 Å². The molecule has 10 heteroatoms. The van der Waals surface area contributed by atoms with E-state index in [-0.39, 0.29) is 35.0 Å². The summed E-state index contributed by atoms with van der Waals surface area (Å²) in [5.74, 6) is -1.08. The molecule has 8 nitrogen and oxygen atoms in total. The fourth-order valence-electron chi connectivity index (χ4n) is 3.32. The molecular weight excluding hydrogens is 465 g/mol. The lowest BCUT2D eigenvalue weighted by molar-refractivity contribution is 0.0696. The number of hydrogen-bond donors (Lipinski definition) is 1. The van der Waals surface area contributed by atoms with E-state index in [0.29, 0.717) is 16.9 Å². The van der Waals surface area contributed by atoms with E-state index in [2.05, 4.69) is 0 Å². The van der Waals surface area contributed by atoms with Gasteiger partial charge >= 0.3 is 5.97 Å². The van der Waals surface area contributed by atoms with Gasteiger partial charge in [-0.3, -0.25) is 0 Å². The third-order valence-corrected chi connectivity index (χ3v) is 6.96. The number of nitrogens with zero attached hydrogens (tertiary/aromatic N) is 1. The van der Waals surface area contributed by atoms with Crippen molar-refractivity contribution in [2.45, 2.75) is 18.0 Å². The van der Waals surface area contributed by atoms with Crippen LogP contribution in [0.4, 0.5) is 4.39 Å². The van der Waals surface area contributed by atoms with Gasteiger partial charge in [0.2, 0.25) is 10.0 Å². The Morgan fingerprint density at radius 2 is 1.50 bits per heavy atom. The summed E-state index contributed by atoms with van der Waals surface area (Å²) >= 11 is 0. The summed E-state index contributed by atoms with van der Waals surface area (Å²) in [4.78, 5) is 11.1. The van der Waals surface area contributed by atoms with E-state index in [4.69, 9.17) is 19.3 Å². The minimum absolute atomic E-state index is 0.0180. The molecule has 3 aromatic carbocycles. The molecule has 3 rings (SSSR count). The standard InChI is InChI=1S/C24H24FNO7S/c1-31-19-8-4-16(5-9-19)14-26(15-18-12-23(33-3)21(25)13-22(18)32-2)34(29,30)20-10-6-17(7-11-20)24(27)28/h4-13H,14-15H2,1-3H3,(H,27,28). The van der Waals surface area contributed by atoms with Crippen molar-refractivity contribution in [3.8, 4) is 17.2 Å². The van der Waals surface area contributed by atoms with E-state index in [1.165, 1.54) is 56.0 Å². The lowest BCUT2D eigenvalue weighted by Gasteiger charge is -2.24. The lowest BCUT2D eigenvalue weighted by atomic mass is 10.1. The van der Waals surface area contributed by atoms with Crippen molar-refractivity contribution < 1.29 is 36.9 Å². The topological polar surface area (TPSA) is 102 Å². The van der Waals surface area contributed by atoms with Crippen LogP contribution >= 0.6 is 0 Å². The van der Waals surface area contributed by atoms with Crippen LogP contribution in [0, 0.1) is 5.82 Å². The molecule has 3 aromatic rings. The number of carbonyl (C=O) groups is 1. The Kier molecular flexibility index (Phi) is 7.75. The zero-order valence-corrected chi connectivity index (χ0v) is 19.6. The zero-order valence-electron chi connectivity index (χ0n) is 18.8. The number of carboxylic acids is 1. The number of halogens is 1. The van der Waals surface area contributed by atoms with Crippen molar-refractivity contribution in [3.63, 3.8) is 0 Å². The highest BCUT2D eigenvalue weighted by atomic mass is 32.2. The molecule has 0 bridgehead atoms. The summed E-state index contributed by atoms with van der Waals surface area (Å²) in [5.41, 5.74) is 1.03. The Labute approximate surface area is 197 Å². The highest BCUT2D eigenvalue weighted by Crippen LogP contribution is 2.31. The Bertz CT molecular complexity index is 1260. The molecule has 0 aliphatic rings. The summed E-state index contributed by atoms with van der Waals surface area (Å²) in [7, 11) is 0.106. The van der Waals surface area contributed by atoms with Gasteiger partial charge in [0.1, 0.15) is 11.5 Å². The lowest BCUT2D eigenvalue weighted by Crippen LogP contribution is -2.30. The predicted octanol–water partition coefficient (Wildman–Crippen LogP) is 3.94. The molecule has 0 heterocycles. The normalized spacial score (nSPS) is 11.3. The first-order chi connectivity index (χ1) is 16.2. The SMILES string of the molecule is COc1ccc(CN(Cc2cc(OC)c(F)cc2OC)S(=O)(=O)c2ccc(C(=O)O)cc2)cc1. The Hall–Kier alpha value is -3.63. The first kappa shape index (κ1) is 25.0. The minimum atomic E-state index is -4.09. The Balaban J connectivity index is 2.05. The first-order valence-corrected chi connectivity index (χ1v) is 11.5. The van der Waals surface area contributed by atoms with Gasteiger partial charge in [0, 0.05) is 24.7 Å². The van der Waals surface area contributed by atoms with Crippen molar-refractivity contribution in [2.75, 3.05) is 21.3 Å². The average Bonchev–Trinajstić information content (AvgIpc) is 2.84. The van der Waals surface area contributed by atoms with Gasteiger partial charge in [0.15, 0.2) is 11.6 Å². The average molecular weight is 490 g/mol. The smallest absolute Gasteiger partial charge is 0.335 e. The molecule has 0 spiro atoms. The van der Waals surface area contributed by atoms with Gasteiger partial charge < -0.3 is 19.3 Å². The van der Waals surface area contributed by atoms with E-state index < -0.39 is 21.8 Å². The molecule has 1 N–H and O–H groups in total. The quantitative estimate of drug-likeness (QED) is 0.460. The number of ether oxygens (including phenoxy) is 3. The van der Waals surface area contributed by atoms with Crippen molar-refractivity contribution in [1.29, 1.82) is 0 Å². The van der Waals surface area contributed by atoms with E-state index in [9.17, 15) is 17.6 Å². The van der Waals surface area contributed by atoms with Crippen molar-refractivity contribution in [3.05, 3.63) is 83.2 Å². The zero-order chi connectivity index (χ0) is 24.9. The van der Waals surface area contributed by atoms with Crippen LogP contribution in [0.5, 0.6) is 17.2 Å².